The summed E-state index contributed by atoms with van der Waals surface area (Å²) in [6.45, 7) is 3.89. The summed E-state index contributed by atoms with van der Waals surface area (Å²) in [6, 6.07) is 2.01. The molecule has 6 heteroatoms. The minimum absolute atomic E-state index is 0.780. The van der Waals surface area contributed by atoms with E-state index in [-0.39, 0.29) is 0 Å². The van der Waals surface area contributed by atoms with Crippen LogP contribution in [0.3, 0.4) is 0 Å². The van der Waals surface area contributed by atoms with E-state index in [1.165, 1.54) is 18.4 Å². The SMILES string of the molecule is Cc1nn(CC2CC2)c(Br)c1Cn1nccc1I. The van der Waals surface area contributed by atoms with Gasteiger partial charge in [-0.05, 0) is 70.3 Å². The van der Waals surface area contributed by atoms with Crippen molar-refractivity contribution in [2.75, 3.05) is 0 Å². The summed E-state index contributed by atoms with van der Waals surface area (Å²) in [4.78, 5) is 0. The lowest BCUT2D eigenvalue weighted by Gasteiger charge is -2.04. The van der Waals surface area contributed by atoms with Crippen molar-refractivity contribution in [1.29, 1.82) is 0 Å². The third-order valence-electron chi connectivity index (χ3n) is 3.28. The Balaban J connectivity index is 1.86. The van der Waals surface area contributed by atoms with Gasteiger partial charge in [0.2, 0.25) is 0 Å². The molecule has 1 fully saturated rings. The molecule has 96 valence electrons. The van der Waals surface area contributed by atoms with E-state index < -0.39 is 0 Å². The minimum Gasteiger partial charge on any atom is -0.258 e. The maximum atomic E-state index is 4.63. The third kappa shape index (κ3) is 2.49. The van der Waals surface area contributed by atoms with Crippen molar-refractivity contribution in [3.05, 3.63) is 31.8 Å². The molecule has 0 N–H and O–H groups in total. The van der Waals surface area contributed by atoms with Crippen LogP contribution in [0.4, 0.5) is 0 Å². The molecular formula is C12H14BrIN4. The van der Waals surface area contributed by atoms with Gasteiger partial charge in [-0.3, -0.25) is 9.36 Å². The maximum Gasteiger partial charge on any atom is 0.109 e. The highest BCUT2D eigenvalue weighted by Crippen LogP contribution is 2.32. The van der Waals surface area contributed by atoms with Gasteiger partial charge in [-0.1, -0.05) is 0 Å². The lowest BCUT2D eigenvalue weighted by molar-refractivity contribution is 0.548. The van der Waals surface area contributed by atoms with E-state index in [9.17, 15) is 0 Å². The summed E-state index contributed by atoms with van der Waals surface area (Å²) in [5, 5.41) is 8.95. The Morgan fingerprint density at radius 3 is 2.83 bits per heavy atom. The Morgan fingerprint density at radius 1 is 1.44 bits per heavy atom. The fraction of sp³-hybridized carbons (Fsp3) is 0.500. The average molecular weight is 421 g/mol. The fourth-order valence-electron chi connectivity index (χ4n) is 2.02. The maximum absolute atomic E-state index is 4.63. The van der Waals surface area contributed by atoms with Gasteiger partial charge in [0.05, 0.1) is 22.1 Å². The van der Waals surface area contributed by atoms with E-state index in [4.69, 9.17) is 0 Å². The Bertz CT molecular complexity index is 571. The molecule has 1 saturated carbocycles. The van der Waals surface area contributed by atoms with Crippen LogP contribution in [0.15, 0.2) is 16.9 Å². The molecule has 18 heavy (non-hydrogen) atoms. The standard InChI is InChI=1S/C12H14BrIN4/c1-8-10(7-17-11(14)4-5-15-17)12(13)18(16-8)6-9-2-3-9/h4-5,9H,2-3,6-7H2,1H3. The van der Waals surface area contributed by atoms with Crippen LogP contribution in [0, 0.1) is 16.5 Å². The molecule has 0 aromatic carbocycles. The predicted octanol–water partition coefficient (Wildman–Crippen LogP) is 3.21. The molecule has 4 nitrogen and oxygen atoms in total. The van der Waals surface area contributed by atoms with Crippen LogP contribution >= 0.6 is 38.5 Å². The largest absolute Gasteiger partial charge is 0.258 e. The Morgan fingerprint density at radius 2 is 2.22 bits per heavy atom. The molecule has 1 aliphatic carbocycles. The minimum atomic E-state index is 0.780. The van der Waals surface area contributed by atoms with Gasteiger partial charge in [0.1, 0.15) is 4.60 Å². The van der Waals surface area contributed by atoms with Crippen molar-refractivity contribution < 1.29 is 0 Å². The van der Waals surface area contributed by atoms with Crippen molar-refractivity contribution in [3.8, 4) is 0 Å². The lowest BCUT2D eigenvalue weighted by Crippen LogP contribution is -2.05. The van der Waals surface area contributed by atoms with Crippen LogP contribution in [-0.4, -0.2) is 19.6 Å². The normalized spacial score (nSPS) is 15.3. The molecule has 2 aromatic heterocycles. The van der Waals surface area contributed by atoms with Gasteiger partial charge in [0.25, 0.3) is 0 Å². The second-order valence-corrected chi connectivity index (χ2v) is 6.65. The molecule has 0 aliphatic heterocycles. The molecule has 1 aliphatic rings. The van der Waals surface area contributed by atoms with E-state index in [1.807, 2.05) is 16.9 Å². The molecule has 0 atom stereocenters. The molecular weight excluding hydrogens is 407 g/mol. The monoisotopic (exact) mass is 420 g/mol. The molecule has 0 spiro atoms. The van der Waals surface area contributed by atoms with Gasteiger partial charge in [-0.2, -0.15) is 10.2 Å². The number of aromatic nitrogens is 4. The van der Waals surface area contributed by atoms with Crippen molar-refractivity contribution >= 4 is 38.5 Å². The molecule has 2 aromatic rings. The van der Waals surface area contributed by atoms with E-state index in [0.717, 1.165) is 33.0 Å². The number of aryl methyl sites for hydroxylation is 1. The van der Waals surface area contributed by atoms with Gasteiger partial charge in [0, 0.05) is 12.1 Å². The first-order valence-corrected chi connectivity index (χ1v) is 7.91. The predicted molar refractivity (Wildman–Crippen MR) is 81.4 cm³/mol. The first-order chi connectivity index (χ1) is 8.65. The zero-order valence-electron chi connectivity index (χ0n) is 10.1. The van der Waals surface area contributed by atoms with Gasteiger partial charge < -0.3 is 0 Å². The van der Waals surface area contributed by atoms with E-state index in [2.05, 4.69) is 60.3 Å². The third-order valence-corrected chi connectivity index (χ3v) is 5.09. The topological polar surface area (TPSA) is 35.6 Å². The van der Waals surface area contributed by atoms with Crippen molar-refractivity contribution in [2.24, 2.45) is 5.92 Å². The van der Waals surface area contributed by atoms with Crippen LogP contribution in [0.1, 0.15) is 24.1 Å². The average Bonchev–Trinajstić information content (AvgIpc) is 3.00. The summed E-state index contributed by atoms with van der Waals surface area (Å²) in [6.07, 6.45) is 4.52. The molecule has 3 rings (SSSR count). The van der Waals surface area contributed by atoms with Crippen LogP contribution in [-0.2, 0) is 13.1 Å². The number of rotatable bonds is 4. The molecule has 0 radical (unpaired) electrons. The Hall–Kier alpha value is -0.370. The van der Waals surface area contributed by atoms with E-state index >= 15 is 0 Å². The summed E-state index contributed by atoms with van der Waals surface area (Å²) in [7, 11) is 0. The zero-order valence-corrected chi connectivity index (χ0v) is 13.8. The van der Waals surface area contributed by atoms with E-state index in [0.29, 0.717) is 0 Å². The van der Waals surface area contributed by atoms with Crippen molar-refractivity contribution in [2.45, 2.75) is 32.9 Å². The number of hydrogen-bond acceptors (Lipinski definition) is 2. The van der Waals surface area contributed by atoms with Gasteiger partial charge in [-0.25, -0.2) is 0 Å². The molecule has 0 bridgehead atoms. The second kappa shape index (κ2) is 4.96. The van der Waals surface area contributed by atoms with Crippen LogP contribution in [0.2, 0.25) is 0 Å². The summed E-state index contributed by atoms with van der Waals surface area (Å²) in [5.74, 6) is 0.832. The van der Waals surface area contributed by atoms with Gasteiger partial charge in [0.15, 0.2) is 0 Å². The smallest absolute Gasteiger partial charge is 0.109 e. The molecule has 0 saturated heterocycles. The number of hydrogen-bond donors (Lipinski definition) is 0. The van der Waals surface area contributed by atoms with Crippen molar-refractivity contribution in [3.63, 3.8) is 0 Å². The molecule has 2 heterocycles. The Labute approximate surface area is 128 Å². The fourth-order valence-corrected chi connectivity index (χ4v) is 3.11. The van der Waals surface area contributed by atoms with Crippen LogP contribution in [0.25, 0.3) is 0 Å². The highest BCUT2D eigenvalue weighted by atomic mass is 127. The number of halogens is 2. The first kappa shape index (κ1) is 12.7. The zero-order chi connectivity index (χ0) is 12.7. The van der Waals surface area contributed by atoms with Crippen LogP contribution in [0.5, 0.6) is 0 Å². The van der Waals surface area contributed by atoms with Crippen molar-refractivity contribution in [1.82, 2.24) is 19.6 Å². The first-order valence-electron chi connectivity index (χ1n) is 6.04. The lowest BCUT2D eigenvalue weighted by atomic mass is 10.3. The van der Waals surface area contributed by atoms with Crippen LogP contribution < -0.4 is 0 Å². The second-order valence-electron chi connectivity index (χ2n) is 4.79. The summed E-state index contributed by atoms with van der Waals surface area (Å²) >= 11 is 5.99. The van der Waals surface area contributed by atoms with Gasteiger partial charge in [-0.15, -0.1) is 0 Å². The Kier molecular flexibility index (Phi) is 3.48. The van der Waals surface area contributed by atoms with Gasteiger partial charge >= 0.3 is 0 Å². The highest BCUT2D eigenvalue weighted by molar-refractivity contribution is 14.1. The highest BCUT2D eigenvalue weighted by Gasteiger charge is 2.24. The van der Waals surface area contributed by atoms with E-state index in [1.54, 1.807) is 0 Å². The quantitative estimate of drug-likeness (QED) is 0.712. The molecule has 0 amide bonds. The molecule has 0 unspecified atom stereocenters. The summed E-state index contributed by atoms with van der Waals surface area (Å²) in [5.41, 5.74) is 2.33. The summed E-state index contributed by atoms with van der Waals surface area (Å²) < 4.78 is 6.35. The number of nitrogens with zero attached hydrogens (tertiary/aromatic N) is 4.